The van der Waals surface area contributed by atoms with Crippen LogP contribution in [0.5, 0.6) is 0 Å². The molecule has 128 valence electrons. The van der Waals surface area contributed by atoms with Gasteiger partial charge in [-0.3, -0.25) is 19.6 Å². The third-order valence-electron chi connectivity index (χ3n) is 3.19. The highest BCUT2D eigenvalue weighted by molar-refractivity contribution is 5.89. The number of amides is 1. The molecule has 0 atom stereocenters. The maximum atomic E-state index is 13.5. The summed E-state index contributed by atoms with van der Waals surface area (Å²) in [4.78, 5) is 25.8. The molecule has 0 aliphatic carbocycles. The van der Waals surface area contributed by atoms with Gasteiger partial charge in [0.1, 0.15) is 24.8 Å². The molecule has 1 N–H and O–H groups in total. The number of nitro groups is 1. The quantitative estimate of drug-likeness (QED) is 0.526. The number of aromatic nitrogens is 4. The van der Waals surface area contributed by atoms with Crippen LogP contribution in [0.3, 0.4) is 0 Å². The number of hydrogen-bond acceptors (Lipinski definition) is 7. The van der Waals surface area contributed by atoms with Crippen molar-refractivity contribution in [3.8, 4) is 0 Å². The minimum Gasteiger partial charge on any atom is -0.344 e. The van der Waals surface area contributed by atoms with Crippen molar-refractivity contribution in [3.63, 3.8) is 0 Å². The van der Waals surface area contributed by atoms with Gasteiger partial charge in [0, 0.05) is 12.1 Å². The van der Waals surface area contributed by atoms with Crippen LogP contribution in [-0.4, -0.2) is 30.8 Å². The van der Waals surface area contributed by atoms with Crippen LogP contribution in [0.4, 0.5) is 10.1 Å². The van der Waals surface area contributed by atoms with E-state index in [1.54, 1.807) is 18.2 Å². The molecule has 2 aromatic heterocycles. The standard InChI is InChI=1S/C14H11FN6O4/c15-11-4-2-1-3-9(11)5-16-13(22)14-18-12(19-25-14)8-20-7-10(6-17-20)21(23)24/h1-4,6-7H,5,8H2,(H,16,22). The minimum atomic E-state index is -0.659. The Morgan fingerprint density at radius 3 is 2.92 bits per heavy atom. The van der Waals surface area contributed by atoms with E-state index in [1.807, 2.05) is 0 Å². The van der Waals surface area contributed by atoms with Crippen LogP contribution < -0.4 is 5.32 Å². The molecule has 2 heterocycles. The number of nitrogens with one attached hydrogen (secondary N) is 1. The number of carbonyl (C=O) groups excluding carboxylic acids is 1. The molecule has 0 saturated carbocycles. The third-order valence-corrected chi connectivity index (χ3v) is 3.19. The second-order valence-corrected chi connectivity index (χ2v) is 4.94. The second-order valence-electron chi connectivity index (χ2n) is 4.94. The maximum Gasteiger partial charge on any atom is 0.316 e. The summed E-state index contributed by atoms with van der Waals surface area (Å²) in [6.07, 6.45) is 2.29. The molecule has 1 aromatic carbocycles. The number of hydrogen-bond donors (Lipinski definition) is 1. The zero-order valence-corrected chi connectivity index (χ0v) is 12.6. The van der Waals surface area contributed by atoms with Gasteiger partial charge in [0.25, 0.3) is 0 Å². The molecule has 0 radical (unpaired) electrons. The first-order valence-electron chi connectivity index (χ1n) is 7.04. The van der Waals surface area contributed by atoms with E-state index in [9.17, 15) is 19.3 Å². The molecule has 0 unspecified atom stereocenters. The average Bonchev–Trinajstić information content (AvgIpc) is 3.24. The predicted molar refractivity (Wildman–Crippen MR) is 79.9 cm³/mol. The van der Waals surface area contributed by atoms with E-state index in [0.29, 0.717) is 5.56 Å². The highest BCUT2D eigenvalue weighted by Crippen LogP contribution is 2.09. The predicted octanol–water partition coefficient (Wildman–Crippen LogP) is 1.29. The van der Waals surface area contributed by atoms with Gasteiger partial charge in [-0.25, -0.2) is 4.39 Å². The Balaban J connectivity index is 1.61. The van der Waals surface area contributed by atoms with Crippen molar-refractivity contribution in [3.05, 3.63) is 69.9 Å². The Bertz CT molecular complexity index is 921. The Kier molecular flexibility index (Phi) is 4.46. The lowest BCUT2D eigenvalue weighted by Crippen LogP contribution is -2.23. The van der Waals surface area contributed by atoms with Crippen LogP contribution in [0.25, 0.3) is 0 Å². The molecule has 0 fully saturated rings. The fourth-order valence-corrected chi connectivity index (χ4v) is 1.98. The van der Waals surface area contributed by atoms with Crippen molar-refractivity contribution in [1.82, 2.24) is 25.2 Å². The molecule has 1 amide bonds. The minimum absolute atomic E-state index is 0.00205. The number of halogens is 1. The summed E-state index contributed by atoms with van der Waals surface area (Å²) in [6, 6.07) is 6.03. The van der Waals surface area contributed by atoms with Crippen LogP contribution in [-0.2, 0) is 13.1 Å². The van der Waals surface area contributed by atoms with Crippen molar-refractivity contribution in [1.29, 1.82) is 0 Å². The van der Waals surface area contributed by atoms with Crippen molar-refractivity contribution < 1.29 is 18.6 Å². The Hall–Kier alpha value is -3.63. The normalized spacial score (nSPS) is 10.6. The Labute approximate surface area is 139 Å². The van der Waals surface area contributed by atoms with Gasteiger partial charge in [0.05, 0.1) is 4.92 Å². The van der Waals surface area contributed by atoms with E-state index in [1.165, 1.54) is 16.9 Å². The molecule has 11 heteroatoms. The molecule has 25 heavy (non-hydrogen) atoms. The van der Waals surface area contributed by atoms with Crippen LogP contribution in [0.2, 0.25) is 0 Å². The number of carbonyl (C=O) groups is 1. The van der Waals surface area contributed by atoms with Crippen molar-refractivity contribution in [2.45, 2.75) is 13.1 Å². The van der Waals surface area contributed by atoms with Crippen LogP contribution in [0.1, 0.15) is 22.1 Å². The highest BCUT2D eigenvalue weighted by Gasteiger charge is 2.17. The van der Waals surface area contributed by atoms with E-state index in [-0.39, 0.29) is 30.5 Å². The molecular weight excluding hydrogens is 335 g/mol. The van der Waals surface area contributed by atoms with E-state index in [2.05, 4.69) is 20.6 Å². The third kappa shape index (κ3) is 3.83. The molecular formula is C14H11FN6O4. The van der Waals surface area contributed by atoms with Gasteiger partial charge in [-0.2, -0.15) is 10.1 Å². The van der Waals surface area contributed by atoms with Crippen LogP contribution in [0, 0.1) is 15.9 Å². The zero-order chi connectivity index (χ0) is 17.8. The topological polar surface area (TPSA) is 129 Å². The van der Waals surface area contributed by atoms with Crippen LogP contribution in [0.15, 0.2) is 41.2 Å². The van der Waals surface area contributed by atoms with Gasteiger partial charge < -0.3 is 9.84 Å². The maximum absolute atomic E-state index is 13.5. The van der Waals surface area contributed by atoms with E-state index >= 15 is 0 Å². The van der Waals surface area contributed by atoms with Gasteiger partial charge in [0.15, 0.2) is 5.82 Å². The summed E-state index contributed by atoms with van der Waals surface area (Å²) >= 11 is 0. The lowest BCUT2D eigenvalue weighted by molar-refractivity contribution is -0.385. The summed E-state index contributed by atoms with van der Waals surface area (Å²) in [5.41, 5.74) is 0.144. The van der Waals surface area contributed by atoms with Gasteiger partial charge in [0.2, 0.25) is 0 Å². The fourth-order valence-electron chi connectivity index (χ4n) is 1.98. The van der Waals surface area contributed by atoms with Gasteiger partial charge in [-0.1, -0.05) is 23.4 Å². The molecule has 3 aromatic rings. The first-order chi connectivity index (χ1) is 12.0. The lowest BCUT2D eigenvalue weighted by Gasteiger charge is -2.03. The highest BCUT2D eigenvalue weighted by atomic mass is 19.1. The van der Waals surface area contributed by atoms with Gasteiger partial charge in [-0.15, -0.1) is 0 Å². The largest absolute Gasteiger partial charge is 0.344 e. The monoisotopic (exact) mass is 346 g/mol. The number of benzene rings is 1. The molecule has 3 rings (SSSR count). The summed E-state index contributed by atoms with van der Waals surface area (Å²) in [6.45, 7) is -0.0352. The van der Waals surface area contributed by atoms with Gasteiger partial charge in [-0.05, 0) is 6.07 Å². The first-order valence-corrected chi connectivity index (χ1v) is 7.04. The van der Waals surface area contributed by atoms with E-state index in [4.69, 9.17) is 4.52 Å². The first kappa shape index (κ1) is 16.2. The number of rotatable bonds is 6. The van der Waals surface area contributed by atoms with Crippen molar-refractivity contribution in [2.75, 3.05) is 0 Å². The summed E-state index contributed by atoms with van der Waals surface area (Å²) in [5, 5.41) is 20.5. The van der Waals surface area contributed by atoms with Crippen LogP contribution >= 0.6 is 0 Å². The molecule has 0 aliphatic rings. The van der Waals surface area contributed by atoms with E-state index < -0.39 is 16.6 Å². The molecule has 10 nitrogen and oxygen atoms in total. The SMILES string of the molecule is O=C(NCc1ccccc1F)c1nc(Cn2cc([N+](=O)[O-])cn2)no1. The van der Waals surface area contributed by atoms with Crippen molar-refractivity contribution >= 4 is 11.6 Å². The van der Waals surface area contributed by atoms with Gasteiger partial charge >= 0.3 is 17.5 Å². The molecule has 0 bridgehead atoms. The Morgan fingerprint density at radius 1 is 1.40 bits per heavy atom. The summed E-state index contributed by atoms with van der Waals surface area (Å²) in [7, 11) is 0. The Morgan fingerprint density at radius 2 is 2.20 bits per heavy atom. The lowest BCUT2D eigenvalue weighted by atomic mass is 10.2. The summed E-state index contributed by atoms with van der Waals surface area (Å²) in [5.74, 6) is -1.27. The van der Waals surface area contributed by atoms with E-state index in [0.717, 1.165) is 6.20 Å². The fraction of sp³-hybridized carbons (Fsp3) is 0.143. The van der Waals surface area contributed by atoms with Crippen molar-refractivity contribution in [2.24, 2.45) is 0 Å². The number of nitrogens with zero attached hydrogens (tertiary/aromatic N) is 5. The zero-order valence-electron chi connectivity index (χ0n) is 12.6. The second kappa shape index (κ2) is 6.86. The molecule has 0 spiro atoms. The molecule has 0 aliphatic heterocycles. The summed E-state index contributed by atoms with van der Waals surface area (Å²) < 4.78 is 19.6. The average molecular weight is 346 g/mol. The molecule has 0 saturated heterocycles. The smallest absolute Gasteiger partial charge is 0.316 e.